The van der Waals surface area contributed by atoms with Gasteiger partial charge in [0.2, 0.25) is 0 Å². The quantitative estimate of drug-likeness (QED) is 0.723. The Labute approximate surface area is 73.2 Å². The molecule has 1 rings (SSSR count). The third-order valence-corrected chi connectivity index (χ3v) is 1.66. The normalized spacial score (nSPS) is 12.8. The van der Waals surface area contributed by atoms with E-state index >= 15 is 0 Å². The van der Waals surface area contributed by atoms with Gasteiger partial charge in [-0.3, -0.25) is 0 Å². The number of likely N-dealkylation sites (N-methyl/N-ethyl adjacent to an activating group) is 1. The van der Waals surface area contributed by atoms with E-state index in [1.165, 1.54) is 0 Å². The molecule has 0 aliphatic rings. The topological polar surface area (TPSA) is 37.8 Å². The molecule has 1 heterocycles. The fourth-order valence-electron chi connectivity index (χ4n) is 1.13. The Kier molecular flexibility index (Phi) is 3.67. The molecule has 0 bridgehead atoms. The molecule has 0 saturated heterocycles. The molecule has 1 aromatic heterocycles. The zero-order valence-corrected chi connectivity index (χ0v) is 7.62. The van der Waals surface area contributed by atoms with Crippen molar-refractivity contribution in [3.05, 3.63) is 24.3 Å². The van der Waals surface area contributed by atoms with Crippen molar-refractivity contribution in [2.24, 2.45) is 0 Å². The van der Waals surface area contributed by atoms with Gasteiger partial charge in [0, 0.05) is 24.9 Å². The van der Waals surface area contributed by atoms with E-state index in [0.29, 0.717) is 6.04 Å². The highest BCUT2D eigenvalue weighted by Crippen LogP contribution is 1.93. The lowest BCUT2D eigenvalue weighted by Gasteiger charge is -2.09. The molecule has 1 aromatic rings. The summed E-state index contributed by atoms with van der Waals surface area (Å²) in [7, 11) is 0. The standard InChI is InChI=1S/C9H15N3/c1-3-10-8(2)7-9-11-5-4-6-12-9/h4-6,8,10H,3,7H2,1-2H3. The number of hydrogen-bond donors (Lipinski definition) is 1. The van der Waals surface area contributed by atoms with Gasteiger partial charge in [0.1, 0.15) is 5.82 Å². The molecule has 1 unspecified atom stereocenters. The van der Waals surface area contributed by atoms with Crippen LogP contribution < -0.4 is 5.32 Å². The van der Waals surface area contributed by atoms with Crippen molar-refractivity contribution in [2.45, 2.75) is 26.3 Å². The first-order chi connectivity index (χ1) is 5.83. The highest BCUT2D eigenvalue weighted by Gasteiger charge is 2.02. The van der Waals surface area contributed by atoms with Crippen molar-refractivity contribution < 1.29 is 0 Å². The molecule has 0 aromatic carbocycles. The molecule has 0 radical (unpaired) electrons. The summed E-state index contributed by atoms with van der Waals surface area (Å²) >= 11 is 0. The Morgan fingerprint density at radius 3 is 2.67 bits per heavy atom. The van der Waals surface area contributed by atoms with Crippen LogP contribution in [0.1, 0.15) is 19.7 Å². The number of hydrogen-bond acceptors (Lipinski definition) is 3. The summed E-state index contributed by atoms with van der Waals surface area (Å²) in [5.41, 5.74) is 0. The number of aromatic nitrogens is 2. The second-order valence-corrected chi connectivity index (χ2v) is 2.83. The first-order valence-corrected chi connectivity index (χ1v) is 4.32. The smallest absolute Gasteiger partial charge is 0.129 e. The molecule has 0 fully saturated rings. The van der Waals surface area contributed by atoms with Crippen molar-refractivity contribution in [3.63, 3.8) is 0 Å². The molecule has 66 valence electrons. The Morgan fingerprint density at radius 2 is 2.08 bits per heavy atom. The minimum atomic E-state index is 0.456. The summed E-state index contributed by atoms with van der Waals surface area (Å²) < 4.78 is 0. The van der Waals surface area contributed by atoms with Crippen molar-refractivity contribution in [2.75, 3.05) is 6.54 Å². The van der Waals surface area contributed by atoms with E-state index in [1.54, 1.807) is 12.4 Å². The van der Waals surface area contributed by atoms with E-state index in [4.69, 9.17) is 0 Å². The Balaban J connectivity index is 2.41. The van der Waals surface area contributed by atoms with Crippen LogP contribution in [0.4, 0.5) is 0 Å². The third kappa shape index (κ3) is 2.96. The second kappa shape index (κ2) is 4.83. The van der Waals surface area contributed by atoms with E-state index < -0.39 is 0 Å². The van der Waals surface area contributed by atoms with Crippen molar-refractivity contribution in [1.29, 1.82) is 0 Å². The molecule has 1 atom stereocenters. The third-order valence-electron chi connectivity index (χ3n) is 1.66. The minimum absolute atomic E-state index is 0.456. The van der Waals surface area contributed by atoms with E-state index in [2.05, 4.69) is 29.1 Å². The zero-order chi connectivity index (χ0) is 8.81. The Bertz CT molecular complexity index is 210. The van der Waals surface area contributed by atoms with Gasteiger partial charge in [0.05, 0.1) is 0 Å². The van der Waals surface area contributed by atoms with Crippen molar-refractivity contribution >= 4 is 0 Å². The predicted octanol–water partition coefficient (Wildman–Crippen LogP) is 1.02. The van der Waals surface area contributed by atoms with Crippen LogP contribution in [0, 0.1) is 0 Å². The molecular formula is C9H15N3. The molecule has 0 amide bonds. The second-order valence-electron chi connectivity index (χ2n) is 2.83. The van der Waals surface area contributed by atoms with E-state index in [1.807, 2.05) is 6.07 Å². The Morgan fingerprint density at radius 1 is 1.42 bits per heavy atom. The van der Waals surface area contributed by atoms with Gasteiger partial charge in [-0.15, -0.1) is 0 Å². The summed E-state index contributed by atoms with van der Waals surface area (Å²) in [6, 6.07) is 2.29. The zero-order valence-electron chi connectivity index (χ0n) is 7.62. The van der Waals surface area contributed by atoms with Gasteiger partial charge >= 0.3 is 0 Å². The summed E-state index contributed by atoms with van der Waals surface area (Å²) in [4.78, 5) is 8.30. The first-order valence-electron chi connectivity index (χ1n) is 4.32. The number of nitrogens with zero attached hydrogens (tertiary/aromatic N) is 2. The van der Waals surface area contributed by atoms with Gasteiger partial charge in [-0.25, -0.2) is 9.97 Å². The fraction of sp³-hybridized carbons (Fsp3) is 0.556. The number of rotatable bonds is 4. The summed E-state index contributed by atoms with van der Waals surface area (Å²) in [5.74, 6) is 0.908. The molecule has 0 spiro atoms. The summed E-state index contributed by atoms with van der Waals surface area (Å²) in [6.07, 6.45) is 4.46. The molecule has 0 aliphatic heterocycles. The van der Waals surface area contributed by atoms with Crippen LogP contribution >= 0.6 is 0 Å². The van der Waals surface area contributed by atoms with Gasteiger partial charge in [-0.05, 0) is 19.5 Å². The highest BCUT2D eigenvalue weighted by molar-refractivity contribution is 4.90. The van der Waals surface area contributed by atoms with Crippen LogP contribution in [0.2, 0.25) is 0 Å². The van der Waals surface area contributed by atoms with Crippen molar-refractivity contribution in [1.82, 2.24) is 15.3 Å². The summed E-state index contributed by atoms with van der Waals surface area (Å²) in [6.45, 7) is 5.23. The van der Waals surface area contributed by atoms with Crippen molar-refractivity contribution in [3.8, 4) is 0 Å². The number of nitrogens with one attached hydrogen (secondary N) is 1. The average Bonchev–Trinajstić information content (AvgIpc) is 2.06. The van der Waals surface area contributed by atoms with Crippen LogP contribution in [-0.2, 0) is 6.42 Å². The van der Waals surface area contributed by atoms with Crippen LogP contribution in [0.25, 0.3) is 0 Å². The largest absolute Gasteiger partial charge is 0.314 e. The monoisotopic (exact) mass is 165 g/mol. The maximum absolute atomic E-state index is 4.15. The fourth-order valence-corrected chi connectivity index (χ4v) is 1.13. The summed E-state index contributed by atoms with van der Waals surface area (Å²) in [5, 5.41) is 3.31. The highest BCUT2D eigenvalue weighted by atomic mass is 14.9. The average molecular weight is 165 g/mol. The molecule has 0 saturated carbocycles. The van der Waals surface area contributed by atoms with Gasteiger partial charge in [-0.1, -0.05) is 6.92 Å². The van der Waals surface area contributed by atoms with Crippen LogP contribution in [-0.4, -0.2) is 22.6 Å². The van der Waals surface area contributed by atoms with Gasteiger partial charge in [0.15, 0.2) is 0 Å². The molecule has 1 N–H and O–H groups in total. The molecule has 3 heteroatoms. The molecule has 3 nitrogen and oxygen atoms in total. The van der Waals surface area contributed by atoms with Gasteiger partial charge in [-0.2, -0.15) is 0 Å². The van der Waals surface area contributed by atoms with Crippen LogP contribution in [0.15, 0.2) is 18.5 Å². The van der Waals surface area contributed by atoms with E-state index in [9.17, 15) is 0 Å². The van der Waals surface area contributed by atoms with Crippen LogP contribution in [0.5, 0.6) is 0 Å². The predicted molar refractivity (Wildman–Crippen MR) is 48.9 cm³/mol. The lowest BCUT2D eigenvalue weighted by Crippen LogP contribution is -2.28. The first kappa shape index (κ1) is 9.13. The maximum Gasteiger partial charge on any atom is 0.129 e. The SMILES string of the molecule is CCNC(C)Cc1ncccn1. The van der Waals surface area contributed by atoms with E-state index in [0.717, 1.165) is 18.8 Å². The molecular weight excluding hydrogens is 150 g/mol. The lowest BCUT2D eigenvalue weighted by atomic mass is 10.2. The lowest BCUT2D eigenvalue weighted by molar-refractivity contribution is 0.552. The minimum Gasteiger partial charge on any atom is -0.314 e. The van der Waals surface area contributed by atoms with Gasteiger partial charge in [0.25, 0.3) is 0 Å². The van der Waals surface area contributed by atoms with Gasteiger partial charge < -0.3 is 5.32 Å². The Hall–Kier alpha value is -0.960. The molecule has 0 aliphatic carbocycles. The molecule has 12 heavy (non-hydrogen) atoms. The van der Waals surface area contributed by atoms with Crippen LogP contribution in [0.3, 0.4) is 0 Å². The van der Waals surface area contributed by atoms with E-state index in [-0.39, 0.29) is 0 Å². The maximum atomic E-state index is 4.15.